The second-order valence-electron chi connectivity index (χ2n) is 4.48. The van der Waals surface area contributed by atoms with Crippen molar-refractivity contribution >= 4 is 21.2 Å². The molecule has 5 heteroatoms. The van der Waals surface area contributed by atoms with Crippen LogP contribution in [0.2, 0.25) is 0 Å². The van der Waals surface area contributed by atoms with Crippen molar-refractivity contribution in [2.45, 2.75) is 25.8 Å². The Kier molecular flexibility index (Phi) is 3.37. The van der Waals surface area contributed by atoms with Gasteiger partial charge in [0.05, 0.1) is 11.5 Å². The van der Waals surface area contributed by atoms with Crippen molar-refractivity contribution in [3.63, 3.8) is 0 Å². The molecule has 90 valence electrons. The minimum atomic E-state index is -2.78. The number of thiophene rings is 1. The summed E-state index contributed by atoms with van der Waals surface area (Å²) in [6.07, 6.45) is 1.42. The summed E-state index contributed by atoms with van der Waals surface area (Å²) in [5.41, 5.74) is 7.45. The number of rotatable bonds is 2. The van der Waals surface area contributed by atoms with Crippen LogP contribution in [0.3, 0.4) is 0 Å². The Bertz CT molecular complexity index is 450. The van der Waals surface area contributed by atoms with E-state index in [4.69, 9.17) is 5.73 Å². The summed E-state index contributed by atoms with van der Waals surface area (Å²) in [5.74, 6) is 0.923. The van der Waals surface area contributed by atoms with Crippen molar-refractivity contribution in [1.82, 2.24) is 0 Å². The molecule has 0 amide bonds. The van der Waals surface area contributed by atoms with E-state index in [1.807, 2.05) is 5.38 Å². The van der Waals surface area contributed by atoms with E-state index in [9.17, 15) is 8.42 Å². The summed E-state index contributed by atoms with van der Waals surface area (Å²) < 4.78 is 22.7. The molecule has 1 aliphatic heterocycles. The van der Waals surface area contributed by atoms with Crippen LogP contribution >= 0.6 is 11.3 Å². The first-order valence-corrected chi connectivity index (χ1v) is 8.20. The highest BCUT2D eigenvalue weighted by molar-refractivity contribution is 7.91. The van der Waals surface area contributed by atoms with E-state index >= 15 is 0 Å². The Hall–Kier alpha value is -0.390. The number of sulfone groups is 1. The van der Waals surface area contributed by atoms with Gasteiger partial charge in [0.2, 0.25) is 0 Å². The third kappa shape index (κ3) is 2.47. The molecular formula is C11H17NO2S2. The van der Waals surface area contributed by atoms with Crippen LogP contribution in [0, 0.1) is 12.8 Å². The van der Waals surface area contributed by atoms with Crippen molar-refractivity contribution in [1.29, 1.82) is 0 Å². The normalized spacial score (nSPS) is 23.1. The van der Waals surface area contributed by atoms with Crippen LogP contribution < -0.4 is 5.73 Å². The number of nitrogens with two attached hydrogens (primary N) is 1. The molecule has 1 aromatic heterocycles. The maximum Gasteiger partial charge on any atom is 0.150 e. The van der Waals surface area contributed by atoms with Crippen molar-refractivity contribution in [2.24, 2.45) is 11.7 Å². The van der Waals surface area contributed by atoms with Gasteiger partial charge in [-0.15, -0.1) is 11.3 Å². The first-order chi connectivity index (χ1) is 7.49. The third-order valence-electron chi connectivity index (χ3n) is 3.31. The molecule has 0 bridgehead atoms. The quantitative estimate of drug-likeness (QED) is 0.882. The lowest BCUT2D eigenvalue weighted by Gasteiger charge is -2.27. The van der Waals surface area contributed by atoms with Crippen molar-refractivity contribution < 1.29 is 8.42 Å². The monoisotopic (exact) mass is 259 g/mol. The van der Waals surface area contributed by atoms with Gasteiger partial charge in [0.15, 0.2) is 0 Å². The van der Waals surface area contributed by atoms with Gasteiger partial charge in [0, 0.05) is 10.9 Å². The van der Waals surface area contributed by atoms with E-state index in [-0.39, 0.29) is 6.04 Å². The maximum atomic E-state index is 11.3. The fourth-order valence-electron chi connectivity index (χ4n) is 2.21. The molecule has 0 spiro atoms. The average molecular weight is 259 g/mol. The van der Waals surface area contributed by atoms with Gasteiger partial charge in [-0.2, -0.15) is 0 Å². The third-order valence-corrected chi connectivity index (χ3v) is 6.15. The number of aryl methyl sites for hydroxylation is 1. The van der Waals surface area contributed by atoms with Gasteiger partial charge in [-0.3, -0.25) is 0 Å². The second-order valence-corrected chi connectivity index (χ2v) is 7.73. The molecule has 2 rings (SSSR count). The van der Waals surface area contributed by atoms with Crippen LogP contribution in [0.4, 0.5) is 0 Å². The number of hydrogen-bond acceptors (Lipinski definition) is 4. The fraction of sp³-hybridized carbons (Fsp3) is 0.636. The summed E-state index contributed by atoms with van der Waals surface area (Å²) in [4.78, 5) is 1.21. The topological polar surface area (TPSA) is 60.2 Å². The van der Waals surface area contributed by atoms with Crippen LogP contribution in [0.15, 0.2) is 11.4 Å². The SMILES string of the molecule is Cc1ccsc1C(N)C1CCS(=O)(=O)CC1. The minimum absolute atomic E-state index is 0.00972. The lowest BCUT2D eigenvalue weighted by atomic mass is 9.92. The average Bonchev–Trinajstić information content (AvgIpc) is 2.63. The Morgan fingerprint density at radius 1 is 1.44 bits per heavy atom. The van der Waals surface area contributed by atoms with Gasteiger partial charge < -0.3 is 5.73 Å². The van der Waals surface area contributed by atoms with Gasteiger partial charge in [-0.05, 0) is 42.7 Å². The predicted molar refractivity (Wildman–Crippen MR) is 67.4 cm³/mol. The van der Waals surface area contributed by atoms with Gasteiger partial charge in [-0.1, -0.05) is 0 Å². The fourth-order valence-corrected chi connectivity index (χ4v) is 4.76. The molecule has 3 nitrogen and oxygen atoms in total. The molecule has 2 N–H and O–H groups in total. The van der Waals surface area contributed by atoms with Crippen LogP contribution in [-0.4, -0.2) is 19.9 Å². The highest BCUT2D eigenvalue weighted by atomic mass is 32.2. The first-order valence-electron chi connectivity index (χ1n) is 5.49. The van der Waals surface area contributed by atoms with Crippen molar-refractivity contribution in [3.05, 3.63) is 21.9 Å². The van der Waals surface area contributed by atoms with Gasteiger partial charge in [-0.25, -0.2) is 8.42 Å². The van der Waals surface area contributed by atoms with E-state index in [2.05, 4.69) is 13.0 Å². The van der Waals surface area contributed by atoms with E-state index in [1.54, 1.807) is 11.3 Å². The first kappa shape index (κ1) is 12.1. The Morgan fingerprint density at radius 3 is 2.56 bits per heavy atom. The zero-order valence-electron chi connectivity index (χ0n) is 9.35. The molecule has 1 aliphatic rings. The molecule has 0 aliphatic carbocycles. The Labute approximate surface area is 101 Å². The molecule has 2 heterocycles. The van der Waals surface area contributed by atoms with E-state index in [0.717, 1.165) is 0 Å². The highest BCUT2D eigenvalue weighted by Crippen LogP contribution is 2.33. The van der Waals surface area contributed by atoms with E-state index in [0.29, 0.717) is 30.3 Å². The molecule has 1 saturated heterocycles. The van der Waals surface area contributed by atoms with Gasteiger partial charge in [0.25, 0.3) is 0 Å². The Morgan fingerprint density at radius 2 is 2.06 bits per heavy atom. The largest absolute Gasteiger partial charge is 0.323 e. The van der Waals surface area contributed by atoms with Gasteiger partial charge >= 0.3 is 0 Å². The second kappa shape index (κ2) is 4.47. The smallest absolute Gasteiger partial charge is 0.150 e. The van der Waals surface area contributed by atoms with Crippen LogP contribution in [0.25, 0.3) is 0 Å². The van der Waals surface area contributed by atoms with Crippen LogP contribution in [0.5, 0.6) is 0 Å². The molecule has 0 aromatic carbocycles. The lowest BCUT2D eigenvalue weighted by molar-refractivity contribution is 0.395. The molecule has 1 atom stereocenters. The molecule has 16 heavy (non-hydrogen) atoms. The zero-order chi connectivity index (χ0) is 11.8. The zero-order valence-corrected chi connectivity index (χ0v) is 11.0. The summed E-state index contributed by atoms with van der Waals surface area (Å²) in [6, 6.07) is 2.08. The van der Waals surface area contributed by atoms with Crippen molar-refractivity contribution in [3.8, 4) is 0 Å². The predicted octanol–water partition coefficient (Wildman–Crippen LogP) is 1.88. The maximum absolute atomic E-state index is 11.3. The summed E-state index contributed by atoms with van der Waals surface area (Å²) in [5, 5.41) is 2.05. The van der Waals surface area contributed by atoms with Crippen molar-refractivity contribution in [2.75, 3.05) is 11.5 Å². The summed E-state index contributed by atoms with van der Waals surface area (Å²) >= 11 is 1.68. The number of hydrogen-bond donors (Lipinski definition) is 1. The van der Waals surface area contributed by atoms with E-state index < -0.39 is 9.84 Å². The Balaban J connectivity index is 2.08. The molecular weight excluding hydrogens is 242 g/mol. The molecule has 1 fully saturated rings. The van der Waals surface area contributed by atoms with Crippen LogP contribution in [0.1, 0.15) is 29.3 Å². The summed E-state index contributed by atoms with van der Waals surface area (Å²) in [6.45, 7) is 2.06. The van der Waals surface area contributed by atoms with Crippen LogP contribution in [-0.2, 0) is 9.84 Å². The summed E-state index contributed by atoms with van der Waals surface area (Å²) in [7, 11) is -2.78. The minimum Gasteiger partial charge on any atom is -0.323 e. The van der Waals surface area contributed by atoms with E-state index in [1.165, 1.54) is 10.4 Å². The standard InChI is InChI=1S/C11H17NO2S2/c1-8-2-5-15-11(8)10(12)9-3-6-16(13,14)7-4-9/h2,5,9-10H,3-4,6-7,12H2,1H3. The highest BCUT2D eigenvalue weighted by Gasteiger charge is 2.29. The molecule has 0 radical (unpaired) electrons. The molecule has 1 aromatic rings. The van der Waals surface area contributed by atoms with Gasteiger partial charge in [0.1, 0.15) is 9.84 Å². The lowest BCUT2D eigenvalue weighted by Crippen LogP contribution is -2.30. The molecule has 1 unspecified atom stereocenters. The molecule has 0 saturated carbocycles.